The molecule has 1 fully saturated rings. The SMILES string of the molecule is O/N=C/C=C1CCCCC1. The summed E-state index contributed by atoms with van der Waals surface area (Å²) in [5.74, 6) is 0. The summed E-state index contributed by atoms with van der Waals surface area (Å²) >= 11 is 0. The fourth-order valence-corrected chi connectivity index (χ4v) is 1.31. The van der Waals surface area contributed by atoms with Gasteiger partial charge in [-0.15, -0.1) is 0 Å². The van der Waals surface area contributed by atoms with Crippen molar-refractivity contribution in [3.63, 3.8) is 0 Å². The second kappa shape index (κ2) is 4.09. The van der Waals surface area contributed by atoms with E-state index in [2.05, 4.69) is 5.16 Å². The van der Waals surface area contributed by atoms with Crippen LogP contribution in [-0.4, -0.2) is 11.4 Å². The van der Waals surface area contributed by atoms with Crippen molar-refractivity contribution in [1.82, 2.24) is 0 Å². The van der Waals surface area contributed by atoms with Crippen molar-refractivity contribution in [2.45, 2.75) is 32.1 Å². The zero-order valence-electron chi connectivity index (χ0n) is 6.08. The second-order valence-electron chi connectivity index (χ2n) is 2.65. The molecule has 10 heavy (non-hydrogen) atoms. The van der Waals surface area contributed by atoms with Crippen molar-refractivity contribution in [3.05, 3.63) is 11.6 Å². The lowest BCUT2D eigenvalue weighted by atomic mass is 9.95. The van der Waals surface area contributed by atoms with E-state index in [1.165, 1.54) is 43.9 Å². The Morgan fingerprint density at radius 1 is 1.20 bits per heavy atom. The minimum absolute atomic E-state index is 1.19. The third-order valence-corrected chi connectivity index (χ3v) is 1.87. The quantitative estimate of drug-likeness (QED) is 0.337. The Labute approximate surface area is 61.2 Å². The van der Waals surface area contributed by atoms with Gasteiger partial charge in [0.05, 0.1) is 6.21 Å². The lowest BCUT2D eigenvalue weighted by Crippen LogP contribution is -1.93. The van der Waals surface area contributed by atoms with Crippen molar-refractivity contribution in [3.8, 4) is 0 Å². The Bertz CT molecular complexity index is 141. The minimum Gasteiger partial charge on any atom is -0.411 e. The third-order valence-electron chi connectivity index (χ3n) is 1.87. The Balaban J connectivity index is 2.37. The number of nitrogens with zero attached hydrogens (tertiary/aromatic N) is 1. The van der Waals surface area contributed by atoms with E-state index in [1.807, 2.05) is 6.08 Å². The largest absolute Gasteiger partial charge is 0.411 e. The van der Waals surface area contributed by atoms with Crippen LogP contribution in [0.1, 0.15) is 32.1 Å². The van der Waals surface area contributed by atoms with Gasteiger partial charge in [-0.1, -0.05) is 17.1 Å². The summed E-state index contributed by atoms with van der Waals surface area (Å²) < 4.78 is 0. The molecule has 0 aromatic carbocycles. The average molecular weight is 139 g/mol. The molecular formula is C8H13NO. The third kappa shape index (κ3) is 2.21. The predicted octanol–water partition coefficient (Wildman–Crippen LogP) is 2.34. The molecule has 0 aliphatic heterocycles. The van der Waals surface area contributed by atoms with E-state index in [-0.39, 0.29) is 0 Å². The Kier molecular flexibility index (Phi) is 3.00. The topological polar surface area (TPSA) is 32.6 Å². The summed E-state index contributed by atoms with van der Waals surface area (Å²) in [6.45, 7) is 0. The number of hydrogen-bond donors (Lipinski definition) is 1. The Morgan fingerprint density at radius 3 is 2.50 bits per heavy atom. The second-order valence-corrected chi connectivity index (χ2v) is 2.65. The van der Waals surface area contributed by atoms with E-state index < -0.39 is 0 Å². The van der Waals surface area contributed by atoms with Crippen LogP contribution in [0.15, 0.2) is 16.8 Å². The fraction of sp³-hybridized carbons (Fsp3) is 0.625. The predicted molar refractivity (Wildman–Crippen MR) is 41.4 cm³/mol. The fourth-order valence-electron chi connectivity index (χ4n) is 1.31. The summed E-state index contributed by atoms with van der Waals surface area (Å²) in [5, 5.41) is 11.1. The summed E-state index contributed by atoms with van der Waals surface area (Å²) in [7, 11) is 0. The lowest BCUT2D eigenvalue weighted by molar-refractivity contribution is 0.322. The van der Waals surface area contributed by atoms with E-state index in [0.717, 1.165) is 0 Å². The van der Waals surface area contributed by atoms with Crippen molar-refractivity contribution >= 4 is 6.21 Å². The van der Waals surface area contributed by atoms with Crippen LogP contribution in [0.2, 0.25) is 0 Å². The van der Waals surface area contributed by atoms with Gasteiger partial charge in [-0.3, -0.25) is 0 Å². The number of oxime groups is 1. The molecule has 1 saturated carbocycles. The maximum atomic E-state index is 8.12. The first-order valence-electron chi connectivity index (χ1n) is 3.79. The number of hydrogen-bond acceptors (Lipinski definition) is 2. The normalized spacial score (nSPS) is 19.8. The summed E-state index contributed by atoms with van der Waals surface area (Å²) in [4.78, 5) is 0. The smallest absolute Gasteiger partial charge is 0.0661 e. The van der Waals surface area contributed by atoms with Crippen LogP contribution in [0.25, 0.3) is 0 Å². The molecule has 0 radical (unpaired) electrons. The molecule has 0 spiro atoms. The first-order valence-corrected chi connectivity index (χ1v) is 3.79. The van der Waals surface area contributed by atoms with Gasteiger partial charge in [0.15, 0.2) is 0 Å². The van der Waals surface area contributed by atoms with E-state index >= 15 is 0 Å². The average Bonchev–Trinajstić information content (AvgIpc) is 2.03. The minimum atomic E-state index is 1.19. The molecule has 56 valence electrons. The van der Waals surface area contributed by atoms with Gasteiger partial charge >= 0.3 is 0 Å². The molecule has 1 N–H and O–H groups in total. The number of allylic oxidation sites excluding steroid dienone is 2. The van der Waals surface area contributed by atoms with Crippen molar-refractivity contribution < 1.29 is 5.21 Å². The zero-order chi connectivity index (χ0) is 7.23. The standard InChI is InChI=1S/C8H13NO/c10-9-7-6-8-4-2-1-3-5-8/h6-7,10H,1-5H2/b9-7+. The molecular weight excluding hydrogens is 126 g/mol. The van der Waals surface area contributed by atoms with Crippen molar-refractivity contribution in [2.24, 2.45) is 5.16 Å². The van der Waals surface area contributed by atoms with E-state index in [9.17, 15) is 0 Å². The van der Waals surface area contributed by atoms with E-state index in [1.54, 1.807) is 0 Å². The lowest BCUT2D eigenvalue weighted by Gasteiger charge is -2.11. The molecule has 1 aliphatic rings. The highest BCUT2D eigenvalue weighted by Gasteiger charge is 2.02. The Hall–Kier alpha value is -0.790. The van der Waals surface area contributed by atoms with Crippen LogP contribution in [-0.2, 0) is 0 Å². The zero-order valence-corrected chi connectivity index (χ0v) is 6.08. The van der Waals surface area contributed by atoms with Gasteiger partial charge in [-0.2, -0.15) is 0 Å². The number of rotatable bonds is 1. The van der Waals surface area contributed by atoms with Gasteiger partial charge in [0.25, 0.3) is 0 Å². The van der Waals surface area contributed by atoms with Gasteiger partial charge in [-0.05, 0) is 31.8 Å². The van der Waals surface area contributed by atoms with Gasteiger partial charge in [0.1, 0.15) is 0 Å². The highest BCUT2D eigenvalue weighted by Crippen LogP contribution is 2.21. The maximum Gasteiger partial charge on any atom is 0.0661 e. The molecule has 0 amide bonds. The molecule has 0 heterocycles. The molecule has 0 aromatic rings. The van der Waals surface area contributed by atoms with E-state index in [0.29, 0.717) is 0 Å². The molecule has 1 rings (SSSR count). The molecule has 0 bridgehead atoms. The summed E-state index contributed by atoms with van der Waals surface area (Å²) in [6.07, 6.45) is 9.70. The first kappa shape index (κ1) is 7.32. The van der Waals surface area contributed by atoms with Crippen LogP contribution in [0.3, 0.4) is 0 Å². The van der Waals surface area contributed by atoms with Crippen molar-refractivity contribution in [1.29, 1.82) is 0 Å². The highest BCUT2D eigenvalue weighted by atomic mass is 16.4. The molecule has 2 nitrogen and oxygen atoms in total. The van der Waals surface area contributed by atoms with E-state index in [4.69, 9.17) is 5.21 Å². The summed E-state index contributed by atoms with van der Waals surface area (Å²) in [6, 6.07) is 0. The van der Waals surface area contributed by atoms with Crippen molar-refractivity contribution in [2.75, 3.05) is 0 Å². The Morgan fingerprint density at radius 2 is 1.90 bits per heavy atom. The molecule has 1 aliphatic carbocycles. The van der Waals surface area contributed by atoms with Crippen LogP contribution in [0.5, 0.6) is 0 Å². The van der Waals surface area contributed by atoms with Crippen LogP contribution < -0.4 is 0 Å². The van der Waals surface area contributed by atoms with Gasteiger partial charge in [0, 0.05) is 0 Å². The first-order chi connectivity index (χ1) is 4.93. The highest BCUT2D eigenvalue weighted by molar-refractivity contribution is 5.71. The van der Waals surface area contributed by atoms with Gasteiger partial charge in [0.2, 0.25) is 0 Å². The molecule has 0 atom stereocenters. The van der Waals surface area contributed by atoms with Gasteiger partial charge in [-0.25, -0.2) is 0 Å². The molecule has 0 unspecified atom stereocenters. The summed E-state index contributed by atoms with van der Waals surface area (Å²) in [5.41, 5.74) is 1.42. The molecule has 2 heteroatoms. The maximum absolute atomic E-state index is 8.12. The van der Waals surface area contributed by atoms with Crippen LogP contribution in [0, 0.1) is 0 Å². The van der Waals surface area contributed by atoms with Crippen LogP contribution in [0.4, 0.5) is 0 Å². The molecule has 0 aromatic heterocycles. The monoisotopic (exact) mass is 139 g/mol. The van der Waals surface area contributed by atoms with Gasteiger partial charge < -0.3 is 5.21 Å². The van der Waals surface area contributed by atoms with Crippen LogP contribution >= 0.6 is 0 Å². The molecule has 0 saturated heterocycles.